The lowest BCUT2D eigenvalue weighted by atomic mass is 10.2. The lowest BCUT2D eigenvalue weighted by Gasteiger charge is -2.09. The van der Waals surface area contributed by atoms with Crippen LogP contribution in [0.3, 0.4) is 0 Å². The van der Waals surface area contributed by atoms with E-state index in [1.54, 1.807) is 49.6 Å². The van der Waals surface area contributed by atoms with Crippen LogP contribution in [-0.4, -0.2) is 26.2 Å². The number of hydrogen-bond acceptors (Lipinski definition) is 3. The third-order valence-corrected chi connectivity index (χ3v) is 3.69. The van der Waals surface area contributed by atoms with Crippen molar-refractivity contribution >= 4 is 34.8 Å². The first-order chi connectivity index (χ1) is 10.6. The van der Waals surface area contributed by atoms with E-state index in [1.807, 2.05) is 0 Å². The second kappa shape index (κ2) is 8.03. The number of methoxy groups -OCH3 is 1. The van der Waals surface area contributed by atoms with Crippen LogP contribution in [0.1, 0.15) is 10.4 Å². The molecule has 116 valence electrons. The molecule has 0 atom stereocenters. The highest BCUT2D eigenvalue weighted by atomic mass is 35.5. The zero-order chi connectivity index (χ0) is 15.9. The molecule has 0 saturated carbocycles. The monoisotopic (exact) mass is 339 g/mol. The van der Waals surface area contributed by atoms with Gasteiger partial charge >= 0.3 is 0 Å². The van der Waals surface area contributed by atoms with E-state index in [9.17, 15) is 4.79 Å². The molecule has 0 unspecified atom stereocenters. The van der Waals surface area contributed by atoms with Crippen molar-refractivity contribution in [3.8, 4) is 5.75 Å². The van der Waals surface area contributed by atoms with Crippen molar-refractivity contribution in [1.29, 1.82) is 0 Å². The molecular weight excluding hydrogens is 325 g/mol. The van der Waals surface area contributed by atoms with Gasteiger partial charge in [-0.25, -0.2) is 0 Å². The maximum Gasteiger partial charge on any atom is 0.255 e. The number of ether oxygens (including phenoxy) is 2. The van der Waals surface area contributed by atoms with Gasteiger partial charge in [0, 0.05) is 12.7 Å². The smallest absolute Gasteiger partial charge is 0.255 e. The number of anilines is 1. The number of nitrogens with one attached hydrogen (secondary N) is 1. The van der Waals surface area contributed by atoms with Crippen LogP contribution in [0.5, 0.6) is 5.75 Å². The predicted octanol–water partition coefficient (Wildman–Crippen LogP) is 4.27. The molecule has 0 radical (unpaired) electrons. The van der Waals surface area contributed by atoms with E-state index in [-0.39, 0.29) is 5.91 Å². The number of benzene rings is 2. The maximum atomic E-state index is 12.2. The second-order valence-corrected chi connectivity index (χ2v) is 5.21. The van der Waals surface area contributed by atoms with Crippen LogP contribution < -0.4 is 10.1 Å². The lowest BCUT2D eigenvalue weighted by Crippen LogP contribution is -2.12. The number of rotatable bonds is 6. The van der Waals surface area contributed by atoms with Gasteiger partial charge in [0.05, 0.1) is 22.3 Å². The summed E-state index contributed by atoms with van der Waals surface area (Å²) in [5.41, 5.74) is 0.967. The Bertz CT molecular complexity index is 644. The molecule has 0 aliphatic rings. The molecule has 0 aliphatic heterocycles. The lowest BCUT2D eigenvalue weighted by molar-refractivity contribution is 0.102. The average molecular weight is 340 g/mol. The van der Waals surface area contributed by atoms with Crippen molar-refractivity contribution in [2.45, 2.75) is 0 Å². The highest BCUT2D eigenvalue weighted by molar-refractivity contribution is 6.44. The Balaban J connectivity index is 2.02. The van der Waals surface area contributed by atoms with Crippen molar-refractivity contribution in [1.82, 2.24) is 0 Å². The first-order valence-electron chi connectivity index (χ1n) is 6.59. The molecule has 2 aromatic carbocycles. The van der Waals surface area contributed by atoms with Gasteiger partial charge in [-0.05, 0) is 36.4 Å². The predicted molar refractivity (Wildman–Crippen MR) is 88.2 cm³/mol. The van der Waals surface area contributed by atoms with Crippen molar-refractivity contribution < 1.29 is 14.3 Å². The Kier molecular flexibility index (Phi) is 6.07. The topological polar surface area (TPSA) is 47.6 Å². The van der Waals surface area contributed by atoms with Gasteiger partial charge < -0.3 is 14.8 Å². The maximum absolute atomic E-state index is 12.2. The van der Waals surface area contributed by atoms with Crippen LogP contribution in [0.25, 0.3) is 0 Å². The third kappa shape index (κ3) is 4.37. The summed E-state index contributed by atoms with van der Waals surface area (Å²) in [6.45, 7) is 0.968. The molecule has 0 fully saturated rings. The first-order valence-corrected chi connectivity index (χ1v) is 7.34. The van der Waals surface area contributed by atoms with E-state index >= 15 is 0 Å². The van der Waals surface area contributed by atoms with Crippen LogP contribution in [0.4, 0.5) is 5.69 Å². The molecule has 0 bridgehead atoms. The number of amides is 1. The van der Waals surface area contributed by atoms with Gasteiger partial charge in [-0.3, -0.25) is 4.79 Å². The number of carbonyl (C=O) groups is 1. The van der Waals surface area contributed by atoms with Gasteiger partial charge in [-0.15, -0.1) is 0 Å². The summed E-state index contributed by atoms with van der Waals surface area (Å²) in [6.07, 6.45) is 0. The molecule has 0 aromatic heterocycles. The summed E-state index contributed by atoms with van der Waals surface area (Å²) in [5, 5.41) is 3.43. The van der Waals surface area contributed by atoms with Crippen LogP contribution >= 0.6 is 23.2 Å². The number of halogens is 2. The molecule has 2 aromatic rings. The summed E-state index contributed by atoms with van der Waals surface area (Å²) in [7, 11) is 1.61. The van der Waals surface area contributed by atoms with E-state index < -0.39 is 0 Å². The standard InChI is InChI=1S/C16H15Cl2NO3/c1-21-9-10-22-12-7-5-11(6-8-12)16(20)19-14-4-2-3-13(17)15(14)18/h2-8H,9-10H2,1H3,(H,19,20). The van der Waals surface area contributed by atoms with Crippen LogP contribution in [-0.2, 0) is 4.74 Å². The van der Waals surface area contributed by atoms with E-state index in [4.69, 9.17) is 32.7 Å². The molecule has 0 spiro atoms. The molecule has 4 nitrogen and oxygen atoms in total. The van der Waals surface area contributed by atoms with Gasteiger partial charge in [0.25, 0.3) is 5.91 Å². The SMILES string of the molecule is COCCOc1ccc(C(=O)Nc2cccc(Cl)c2Cl)cc1. The molecule has 0 heterocycles. The van der Waals surface area contributed by atoms with Crippen molar-refractivity contribution in [3.05, 3.63) is 58.1 Å². The first kappa shape index (κ1) is 16.6. The molecule has 22 heavy (non-hydrogen) atoms. The minimum Gasteiger partial charge on any atom is -0.491 e. The third-order valence-electron chi connectivity index (χ3n) is 2.87. The van der Waals surface area contributed by atoms with Gasteiger partial charge in [0.2, 0.25) is 0 Å². The van der Waals surface area contributed by atoms with Crippen LogP contribution in [0, 0.1) is 0 Å². The fourth-order valence-electron chi connectivity index (χ4n) is 1.74. The Hall–Kier alpha value is -1.75. The highest BCUT2D eigenvalue weighted by Gasteiger charge is 2.10. The van der Waals surface area contributed by atoms with Crippen LogP contribution in [0.2, 0.25) is 10.0 Å². The van der Waals surface area contributed by atoms with Gasteiger partial charge in [-0.2, -0.15) is 0 Å². The van der Waals surface area contributed by atoms with Gasteiger partial charge in [0.1, 0.15) is 12.4 Å². The number of hydrogen-bond donors (Lipinski definition) is 1. The fourth-order valence-corrected chi connectivity index (χ4v) is 2.09. The quantitative estimate of drug-likeness (QED) is 0.799. The number of carbonyl (C=O) groups excluding carboxylic acids is 1. The van der Waals surface area contributed by atoms with Crippen molar-refractivity contribution in [2.75, 3.05) is 25.6 Å². The second-order valence-electron chi connectivity index (χ2n) is 4.42. The summed E-state index contributed by atoms with van der Waals surface area (Å²) in [5.74, 6) is 0.405. The van der Waals surface area contributed by atoms with Crippen LogP contribution in [0.15, 0.2) is 42.5 Å². The average Bonchev–Trinajstić information content (AvgIpc) is 2.53. The summed E-state index contributed by atoms with van der Waals surface area (Å²) in [6, 6.07) is 11.9. The Morgan fingerprint density at radius 1 is 1.09 bits per heavy atom. The minimum atomic E-state index is -0.271. The molecule has 0 saturated heterocycles. The summed E-state index contributed by atoms with van der Waals surface area (Å²) < 4.78 is 10.3. The summed E-state index contributed by atoms with van der Waals surface area (Å²) in [4.78, 5) is 12.2. The zero-order valence-electron chi connectivity index (χ0n) is 11.9. The van der Waals surface area contributed by atoms with E-state index in [0.717, 1.165) is 0 Å². The normalized spacial score (nSPS) is 10.3. The molecule has 6 heteroatoms. The summed E-state index contributed by atoms with van der Waals surface area (Å²) >= 11 is 12.0. The Morgan fingerprint density at radius 2 is 1.82 bits per heavy atom. The van der Waals surface area contributed by atoms with Gasteiger partial charge in [0.15, 0.2) is 0 Å². The van der Waals surface area contributed by atoms with Crippen molar-refractivity contribution in [2.24, 2.45) is 0 Å². The van der Waals surface area contributed by atoms with E-state index in [1.165, 1.54) is 0 Å². The Labute approximate surface area is 138 Å². The molecule has 0 aliphatic carbocycles. The van der Waals surface area contributed by atoms with E-state index in [2.05, 4.69) is 5.32 Å². The highest BCUT2D eigenvalue weighted by Crippen LogP contribution is 2.29. The molecule has 1 amide bonds. The fraction of sp³-hybridized carbons (Fsp3) is 0.188. The molecule has 1 N–H and O–H groups in total. The minimum absolute atomic E-state index is 0.271. The largest absolute Gasteiger partial charge is 0.491 e. The van der Waals surface area contributed by atoms with E-state index in [0.29, 0.717) is 40.3 Å². The van der Waals surface area contributed by atoms with Gasteiger partial charge in [-0.1, -0.05) is 29.3 Å². The Morgan fingerprint density at radius 3 is 2.50 bits per heavy atom. The molecule has 2 rings (SSSR count). The zero-order valence-corrected chi connectivity index (χ0v) is 13.4. The van der Waals surface area contributed by atoms with Crippen molar-refractivity contribution in [3.63, 3.8) is 0 Å². The molecular formula is C16H15Cl2NO3.